The first kappa shape index (κ1) is 31.5. The number of aromatic amines is 1. The molecule has 2 aromatic heterocycles. The lowest BCUT2D eigenvalue weighted by molar-refractivity contribution is 0.625. The van der Waals surface area contributed by atoms with E-state index in [1.165, 1.54) is 36.1 Å². The van der Waals surface area contributed by atoms with Crippen molar-refractivity contribution in [2.24, 2.45) is 0 Å². The molecule has 0 radical (unpaired) electrons. The van der Waals surface area contributed by atoms with Crippen LogP contribution in [0.5, 0.6) is 0 Å². The van der Waals surface area contributed by atoms with E-state index >= 15 is 0 Å². The molecule has 0 aliphatic rings. The molecule has 0 saturated carbocycles. The van der Waals surface area contributed by atoms with Gasteiger partial charge in [0.1, 0.15) is 5.69 Å². The van der Waals surface area contributed by atoms with Crippen LogP contribution in [0, 0.1) is 6.92 Å². The van der Waals surface area contributed by atoms with Crippen molar-refractivity contribution in [3.8, 4) is 0 Å². The Morgan fingerprint density at radius 2 is 1.73 bits per heavy atom. The number of hydrogen-bond acceptors (Lipinski definition) is 4. The SMILES string of the molecule is CCC/C=C(\CC)c1[nH]n2c(=O)c(CCCCCCC)c(CCC)nc2c1Nc1ccc(N(CC)CC)cc1C. The van der Waals surface area contributed by atoms with Gasteiger partial charge in [-0.2, -0.15) is 4.52 Å². The molecule has 0 saturated heterocycles. The average molecular weight is 548 g/mol. The number of nitrogens with one attached hydrogen (secondary N) is 2. The molecule has 220 valence electrons. The van der Waals surface area contributed by atoms with Crippen molar-refractivity contribution in [2.75, 3.05) is 23.3 Å². The van der Waals surface area contributed by atoms with Crippen LogP contribution in [0.15, 0.2) is 29.1 Å². The van der Waals surface area contributed by atoms with Crippen LogP contribution in [0.2, 0.25) is 0 Å². The molecule has 0 spiro atoms. The van der Waals surface area contributed by atoms with Crippen molar-refractivity contribution >= 4 is 28.3 Å². The number of hydrogen-bond donors (Lipinski definition) is 2. The lowest BCUT2D eigenvalue weighted by Crippen LogP contribution is -2.23. The second-order valence-corrected chi connectivity index (χ2v) is 10.9. The Morgan fingerprint density at radius 1 is 0.975 bits per heavy atom. The second-order valence-electron chi connectivity index (χ2n) is 10.9. The highest BCUT2D eigenvalue weighted by molar-refractivity contribution is 5.87. The molecule has 0 amide bonds. The van der Waals surface area contributed by atoms with E-state index in [4.69, 9.17) is 4.98 Å². The van der Waals surface area contributed by atoms with Gasteiger partial charge in [0, 0.05) is 30.0 Å². The summed E-state index contributed by atoms with van der Waals surface area (Å²) in [6.07, 6.45) is 13.7. The van der Waals surface area contributed by atoms with Gasteiger partial charge < -0.3 is 10.2 Å². The number of allylic oxidation sites excluding steroid dienone is 2. The third kappa shape index (κ3) is 7.38. The van der Waals surface area contributed by atoms with E-state index < -0.39 is 0 Å². The number of aromatic nitrogens is 3. The van der Waals surface area contributed by atoms with E-state index in [0.717, 1.165) is 92.8 Å². The van der Waals surface area contributed by atoms with Crippen LogP contribution in [0.4, 0.5) is 17.1 Å². The molecule has 3 rings (SSSR count). The number of benzene rings is 1. The van der Waals surface area contributed by atoms with Gasteiger partial charge in [-0.05, 0) is 82.2 Å². The summed E-state index contributed by atoms with van der Waals surface area (Å²) in [5, 5.41) is 7.23. The molecule has 6 heteroatoms. The van der Waals surface area contributed by atoms with Gasteiger partial charge in [-0.1, -0.05) is 72.3 Å². The summed E-state index contributed by atoms with van der Waals surface area (Å²) >= 11 is 0. The zero-order valence-corrected chi connectivity index (χ0v) is 26.3. The fourth-order valence-corrected chi connectivity index (χ4v) is 5.55. The molecule has 0 fully saturated rings. The van der Waals surface area contributed by atoms with Crippen molar-refractivity contribution < 1.29 is 0 Å². The summed E-state index contributed by atoms with van der Waals surface area (Å²) in [5.74, 6) is 0. The normalized spacial score (nSPS) is 11.9. The quantitative estimate of drug-likeness (QED) is 0.166. The molecular weight excluding hydrogens is 494 g/mol. The number of aryl methyl sites for hydroxylation is 2. The van der Waals surface area contributed by atoms with E-state index in [9.17, 15) is 4.79 Å². The fraction of sp³-hybridized carbons (Fsp3) is 0.588. The minimum Gasteiger partial charge on any atom is -0.372 e. The van der Waals surface area contributed by atoms with E-state index in [1.807, 2.05) is 0 Å². The fourth-order valence-electron chi connectivity index (χ4n) is 5.55. The van der Waals surface area contributed by atoms with Gasteiger partial charge in [0.2, 0.25) is 0 Å². The zero-order chi connectivity index (χ0) is 29.1. The Kier molecular flexibility index (Phi) is 12.4. The molecule has 0 aliphatic heterocycles. The van der Waals surface area contributed by atoms with Crippen molar-refractivity contribution in [3.63, 3.8) is 0 Å². The Hall–Kier alpha value is -3.02. The minimum absolute atomic E-state index is 0.0535. The van der Waals surface area contributed by atoms with Gasteiger partial charge in [-0.15, -0.1) is 0 Å². The second kappa shape index (κ2) is 15.7. The standard InChI is InChI=1S/C34H53N5O/c1-8-14-16-17-18-21-28-30(19-10-3)36-33-32(31(37-39(33)34(28)40)26(11-4)20-15-9-2)35-29-23-22-27(24-25(29)7)38(12-5)13-6/h20,22-24,35,37H,8-19,21H2,1-7H3/b26-20+. The molecule has 6 nitrogen and oxygen atoms in total. The highest BCUT2D eigenvalue weighted by Gasteiger charge is 2.21. The van der Waals surface area contributed by atoms with Crippen LogP contribution in [0.1, 0.15) is 122 Å². The van der Waals surface area contributed by atoms with E-state index in [1.54, 1.807) is 4.52 Å². The van der Waals surface area contributed by atoms with Gasteiger partial charge >= 0.3 is 0 Å². The third-order valence-corrected chi connectivity index (χ3v) is 7.96. The molecule has 0 bridgehead atoms. The zero-order valence-electron chi connectivity index (χ0n) is 26.3. The predicted molar refractivity (Wildman–Crippen MR) is 173 cm³/mol. The Morgan fingerprint density at radius 3 is 2.35 bits per heavy atom. The molecule has 2 heterocycles. The number of fused-ring (bicyclic) bond motifs is 1. The van der Waals surface area contributed by atoms with Crippen molar-refractivity contribution in [3.05, 3.63) is 57.1 Å². The van der Waals surface area contributed by atoms with E-state index in [-0.39, 0.29) is 5.56 Å². The molecule has 0 unspecified atom stereocenters. The average Bonchev–Trinajstić information content (AvgIpc) is 3.30. The van der Waals surface area contributed by atoms with Gasteiger partial charge in [-0.3, -0.25) is 9.89 Å². The van der Waals surface area contributed by atoms with Crippen molar-refractivity contribution in [2.45, 2.75) is 119 Å². The maximum absolute atomic E-state index is 14.0. The smallest absolute Gasteiger partial charge is 0.276 e. The van der Waals surface area contributed by atoms with Gasteiger partial charge in [0.15, 0.2) is 5.65 Å². The first-order valence-electron chi connectivity index (χ1n) is 15.9. The molecule has 0 atom stereocenters. The van der Waals surface area contributed by atoms with Crippen molar-refractivity contribution in [1.29, 1.82) is 0 Å². The van der Waals surface area contributed by atoms with Crippen molar-refractivity contribution in [1.82, 2.24) is 14.6 Å². The summed E-state index contributed by atoms with van der Waals surface area (Å²) < 4.78 is 1.70. The molecule has 0 aliphatic carbocycles. The summed E-state index contributed by atoms with van der Waals surface area (Å²) in [4.78, 5) is 21.5. The lowest BCUT2D eigenvalue weighted by Gasteiger charge is -2.22. The number of nitrogens with zero attached hydrogens (tertiary/aromatic N) is 3. The van der Waals surface area contributed by atoms with E-state index in [2.05, 4.69) is 88.1 Å². The molecule has 1 aromatic carbocycles. The minimum atomic E-state index is 0.0535. The first-order chi connectivity index (χ1) is 19.4. The Labute approximate surface area is 242 Å². The van der Waals surface area contributed by atoms with Gasteiger partial charge in [-0.25, -0.2) is 4.98 Å². The highest BCUT2D eigenvalue weighted by atomic mass is 16.1. The van der Waals surface area contributed by atoms with Crippen LogP contribution in [-0.4, -0.2) is 27.7 Å². The van der Waals surface area contributed by atoms with Crippen LogP contribution in [0.3, 0.4) is 0 Å². The maximum Gasteiger partial charge on any atom is 0.276 e. The summed E-state index contributed by atoms with van der Waals surface area (Å²) in [5.41, 5.74) is 9.10. The largest absolute Gasteiger partial charge is 0.372 e. The van der Waals surface area contributed by atoms with Gasteiger partial charge in [0.25, 0.3) is 5.56 Å². The monoisotopic (exact) mass is 547 g/mol. The van der Waals surface area contributed by atoms with Crippen LogP contribution >= 0.6 is 0 Å². The summed E-state index contributed by atoms with van der Waals surface area (Å²) in [6.45, 7) is 17.3. The number of rotatable bonds is 17. The number of H-pyrrole nitrogens is 1. The van der Waals surface area contributed by atoms with Crippen LogP contribution in [0.25, 0.3) is 11.2 Å². The number of unbranched alkanes of at least 4 members (excludes halogenated alkanes) is 5. The molecular formula is C34H53N5O. The first-order valence-corrected chi connectivity index (χ1v) is 15.9. The Bertz CT molecular complexity index is 1310. The predicted octanol–water partition coefficient (Wildman–Crippen LogP) is 8.98. The highest BCUT2D eigenvalue weighted by Crippen LogP contribution is 2.34. The maximum atomic E-state index is 14.0. The third-order valence-electron chi connectivity index (χ3n) is 7.96. The molecule has 40 heavy (non-hydrogen) atoms. The number of anilines is 3. The summed E-state index contributed by atoms with van der Waals surface area (Å²) in [7, 11) is 0. The van der Waals surface area contributed by atoms with Crippen LogP contribution < -0.4 is 15.8 Å². The van der Waals surface area contributed by atoms with Crippen LogP contribution in [-0.2, 0) is 12.8 Å². The lowest BCUT2D eigenvalue weighted by atomic mass is 10.0. The Balaban J connectivity index is 2.15. The molecule has 2 N–H and O–H groups in total. The molecule has 3 aromatic rings. The van der Waals surface area contributed by atoms with E-state index in [0.29, 0.717) is 5.65 Å². The topological polar surface area (TPSA) is 65.4 Å². The van der Waals surface area contributed by atoms with Gasteiger partial charge in [0.05, 0.1) is 11.4 Å². The summed E-state index contributed by atoms with van der Waals surface area (Å²) in [6, 6.07) is 6.59.